The second-order valence-electron chi connectivity index (χ2n) is 4.81. The molecule has 2 rings (SSSR count). The lowest BCUT2D eigenvalue weighted by molar-refractivity contribution is -0.309. The zero-order chi connectivity index (χ0) is 17.0. The SMILES string of the molecule is C=C([NH3+])[C@H](C#N)C(=O)COC(=O)c1ccc2c(c1)NC(=O)CS2. The van der Waals surface area contributed by atoms with E-state index in [9.17, 15) is 14.4 Å². The molecule has 0 aliphatic carbocycles. The number of amides is 1. The third-order valence-corrected chi connectivity index (χ3v) is 4.13. The largest absolute Gasteiger partial charge is 0.454 e. The molecule has 0 spiro atoms. The minimum absolute atomic E-state index is 0.144. The molecule has 1 aliphatic heterocycles. The van der Waals surface area contributed by atoms with Gasteiger partial charge in [0.15, 0.2) is 18.3 Å². The molecule has 0 unspecified atom stereocenters. The van der Waals surface area contributed by atoms with Crippen molar-refractivity contribution >= 4 is 35.1 Å². The molecular weight excluding hydrogens is 318 g/mol. The minimum Gasteiger partial charge on any atom is -0.454 e. The van der Waals surface area contributed by atoms with Crippen LogP contribution >= 0.6 is 11.8 Å². The summed E-state index contributed by atoms with van der Waals surface area (Å²) in [4.78, 5) is 36.0. The molecular formula is C15H14N3O4S+. The smallest absolute Gasteiger partial charge is 0.338 e. The molecule has 1 atom stereocenters. The lowest BCUT2D eigenvalue weighted by Crippen LogP contribution is -2.51. The van der Waals surface area contributed by atoms with E-state index >= 15 is 0 Å². The molecule has 0 bridgehead atoms. The molecule has 0 saturated carbocycles. The Bertz CT molecular complexity index is 739. The van der Waals surface area contributed by atoms with E-state index in [1.165, 1.54) is 17.8 Å². The number of hydrogen-bond acceptors (Lipinski definition) is 6. The fourth-order valence-electron chi connectivity index (χ4n) is 1.90. The van der Waals surface area contributed by atoms with Crippen LogP contribution in [-0.2, 0) is 14.3 Å². The number of thioether (sulfide) groups is 1. The Morgan fingerprint density at radius 2 is 2.26 bits per heavy atom. The van der Waals surface area contributed by atoms with E-state index in [2.05, 4.69) is 17.6 Å². The maximum Gasteiger partial charge on any atom is 0.338 e. The molecule has 118 valence electrons. The number of rotatable bonds is 5. The van der Waals surface area contributed by atoms with Crippen molar-refractivity contribution in [3.8, 4) is 6.07 Å². The number of hydrogen-bond donors (Lipinski definition) is 2. The zero-order valence-electron chi connectivity index (χ0n) is 12.1. The first kappa shape index (κ1) is 16.7. The van der Waals surface area contributed by atoms with Gasteiger partial charge in [0.2, 0.25) is 5.91 Å². The first-order valence-electron chi connectivity index (χ1n) is 6.59. The summed E-state index contributed by atoms with van der Waals surface area (Å²) in [6.07, 6.45) is 0. The number of ketones is 1. The molecule has 1 aromatic carbocycles. The van der Waals surface area contributed by atoms with Crippen molar-refractivity contribution in [2.45, 2.75) is 4.90 Å². The molecule has 1 aliphatic rings. The fourth-order valence-corrected chi connectivity index (χ4v) is 2.69. The van der Waals surface area contributed by atoms with Gasteiger partial charge >= 0.3 is 5.97 Å². The third-order valence-electron chi connectivity index (χ3n) is 3.05. The van der Waals surface area contributed by atoms with Crippen LogP contribution in [0.3, 0.4) is 0 Å². The highest BCUT2D eigenvalue weighted by atomic mass is 32.2. The van der Waals surface area contributed by atoms with Crippen molar-refractivity contribution in [3.63, 3.8) is 0 Å². The number of carbonyl (C=O) groups is 3. The number of fused-ring (bicyclic) bond motifs is 1. The molecule has 1 aromatic rings. The second-order valence-corrected chi connectivity index (χ2v) is 5.83. The van der Waals surface area contributed by atoms with Crippen LogP contribution in [0.15, 0.2) is 35.4 Å². The van der Waals surface area contributed by atoms with Crippen LogP contribution in [0.5, 0.6) is 0 Å². The summed E-state index contributed by atoms with van der Waals surface area (Å²) in [5, 5.41) is 11.5. The van der Waals surface area contributed by atoms with Gasteiger partial charge in [0.25, 0.3) is 0 Å². The monoisotopic (exact) mass is 332 g/mol. The molecule has 1 heterocycles. The van der Waals surface area contributed by atoms with Gasteiger partial charge in [-0.15, -0.1) is 11.8 Å². The molecule has 1 amide bonds. The predicted molar refractivity (Wildman–Crippen MR) is 82.2 cm³/mol. The maximum atomic E-state index is 12.0. The van der Waals surface area contributed by atoms with Gasteiger partial charge < -0.3 is 15.8 Å². The van der Waals surface area contributed by atoms with Gasteiger partial charge in [-0.3, -0.25) is 9.59 Å². The molecule has 23 heavy (non-hydrogen) atoms. The van der Waals surface area contributed by atoms with Gasteiger partial charge in [0.1, 0.15) is 5.70 Å². The number of ether oxygens (including phenoxy) is 1. The Kier molecular flexibility index (Phi) is 5.16. The number of carbonyl (C=O) groups excluding carboxylic acids is 3. The normalized spacial score (nSPS) is 14.0. The van der Waals surface area contributed by atoms with Crippen molar-refractivity contribution in [2.75, 3.05) is 17.7 Å². The summed E-state index contributed by atoms with van der Waals surface area (Å²) in [7, 11) is 0. The Morgan fingerprint density at radius 1 is 1.52 bits per heavy atom. The van der Waals surface area contributed by atoms with Crippen LogP contribution in [0, 0.1) is 17.2 Å². The van der Waals surface area contributed by atoms with Crippen LogP contribution in [-0.4, -0.2) is 30.0 Å². The molecule has 0 saturated heterocycles. The highest BCUT2D eigenvalue weighted by Gasteiger charge is 2.24. The van der Waals surface area contributed by atoms with E-state index in [0.29, 0.717) is 11.4 Å². The van der Waals surface area contributed by atoms with Crippen molar-refractivity contribution in [1.82, 2.24) is 0 Å². The number of Topliss-reactive ketones (excluding diaryl/α,β-unsaturated/α-hetero) is 1. The molecule has 7 nitrogen and oxygen atoms in total. The number of nitriles is 1. The van der Waals surface area contributed by atoms with Crippen molar-refractivity contribution < 1.29 is 24.9 Å². The van der Waals surface area contributed by atoms with Crippen molar-refractivity contribution in [2.24, 2.45) is 5.92 Å². The van der Waals surface area contributed by atoms with Crippen molar-refractivity contribution in [1.29, 1.82) is 5.26 Å². The minimum atomic E-state index is -1.10. The number of quaternary nitrogens is 1. The summed E-state index contributed by atoms with van der Waals surface area (Å²) >= 11 is 1.37. The first-order valence-corrected chi connectivity index (χ1v) is 7.58. The molecule has 0 radical (unpaired) electrons. The maximum absolute atomic E-state index is 12.0. The quantitative estimate of drug-likeness (QED) is 0.750. The summed E-state index contributed by atoms with van der Waals surface area (Å²) in [6, 6.07) is 6.51. The van der Waals surface area contributed by atoms with Crippen LogP contribution in [0.1, 0.15) is 10.4 Å². The fraction of sp³-hybridized carbons (Fsp3) is 0.200. The Labute approximate surface area is 136 Å². The average molecular weight is 332 g/mol. The number of anilines is 1. The predicted octanol–water partition coefficient (Wildman–Crippen LogP) is 0.352. The number of nitrogens with one attached hydrogen (secondary N) is 1. The van der Waals surface area contributed by atoms with E-state index in [0.717, 1.165) is 4.90 Å². The number of benzene rings is 1. The topological polar surface area (TPSA) is 124 Å². The third kappa shape index (κ3) is 3.97. The highest BCUT2D eigenvalue weighted by molar-refractivity contribution is 8.00. The number of allylic oxidation sites excluding steroid dienone is 1. The van der Waals surface area contributed by atoms with E-state index in [-0.39, 0.29) is 17.2 Å². The summed E-state index contributed by atoms with van der Waals surface area (Å²) in [6.45, 7) is 2.91. The van der Waals surface area contributed by atoms with E-state index in [1.807, 2.05) is 0 Å². The van der Waals surface area contributed by atoms with Crippen LogP contribution in [0.2, 0.25) is 0 Å². The Balaban J connectivity index is 2.03. The lowest BCUT2D eigenvalue weighted by atomic mass is 10.0. The molecule has 0 fully saturated rings. The van der Waals surface area contributed by atoms with Crippen molar-refractivity contribution in [3.05, 3.63) is 36.0 Å². The lowest BCUT2D eigenvalue weighted by Gasteiger charge is -2.16. The molecule has 4 N–H and O–H groups in total. The second kappa shape index (κ2) is 7.09. The van der Waals surface area contributed by atoms with Gasteiger partial charge in [-0.25, -0.2) is 4.79 Å². The summed E-state index contributed by atoms with van der Waals surface area (Å²) in [5.74, 6) is -2.20. The Hall–Kier alpha value is -2.63. The summed E-state index contributed by atoms with van der Waals surface area (Å²) in [5.41, 5.74) is 4.35. The first-order chi connectivity index (χ1) is 10.9. The van der Waals surface area contributed by atoms with E-state index < -0.39 is 24.3 Å². The van der Waals surface area contributed by atoms with Crippen LogP contribution < -0.4 is 11.1 Å². The number of esters is 1. The zero-order valence-corrected chi connectivity index (χ0v) is 12.9. The van der Waals surface area contributed by atoms with Gasteiger partial charge in [0.05, 0.1) is 23.1 Å². The standard InChI is InChI=1S/C15H13N3O4S/c1-8(17)10(5-16)12(19)6-22-15(21)9-2-3-13-11(4-9)18-14(20)7-23-13/h2-4,10H,1,6-7,17H2,(H,18,20)/p+1/t10-/m0/s1. The molecule has 0 aromatic heterocycles. The van der Waals surface area contributed by atoms with E-state index in [1.54, 1.807) is 18.2 Å². The van der Waals surface area contributed by atoms with Gasteiger partial charge in [-0.2, -0.15) is 5.26 Å². The van der Waals surface area contributed by atoms with E-state index in [4.69, 9.17) is 10.00 Å². The average Bonchev–Trinajstić information content (AvgIpc) is 2.52. The Morgan fingerprint density at radius 3 is 2.91 bits per heavy atom. The molecule has 8 heteroatoms. The van der Waals surface area contributed by atoms with Crippen LogP contribution in [0.25, 0.3) is 0 Å². The van der Waals surface area contributed by atoms with Crippen LogP contribution in [0.4, 0.5) is 5.69 Å². The van der Waals surface area contributed by atoms with Gasteiger partial charge in [-0.1, -0.05) is 0 Å². The van der Waals surface area contributed by atoms with Gasteiger partial charge in [0, 0.05) is 4.90 Å². The highest BCUT2D eigenvalue weighted by Crippen LogP contribution is 2.32. The summed E-state index contributed by atoms with van der Waals surface area (Å²) < 4.78 is 4.91. The number of nitrogens with zero attached hydrogens (tertiary/aromatic N) is 1. The van der Waals surface area contributed by atoms with Gasteiger partial charge in [-0.05, 0) is 24.8 Å².